The maximum absolute atomic E-state index is 14.2. The molecule has 0 spiro atoms. The third kappa shape index (κ3) is 4.96. The highest BCUT2D eigenvalue weighted by Crippen LogP contribution is 2.37. The molecular weight excluding hydrogens is 279 g/mol. The summed E-state index contributed by atoms with van der Waals surface area (Å²) in [6.45, 7) is 2.39. The molecule has 0 saturated carbocycles. The number of hydrogen-bond acceptors (Lipinski definition) is 4. The molecular formula is C11H21FO6S. The molecule has 0 bridgehead atoms. The highest BCUT2D eigenvalue weighted by molar-refractivity contribution is 8.11. The number of esters is 1. The molecule has 0 fully saturated rings. The SMILES string of the molecule is CCC(F)(C(=O)OCCCCC(C)=O)S(C)(=O)(O)O. The fourth-order valence-corrected chi connectivity index (χ4v) is 2.52. The van der Waals surface area contributed by atoms with Gasteiger partial charge in [0.1, 0.15) is 15.4 Å². The van der Waals surface area contributed by atoms with Gasteiger partial charge in [-0.3, -0.25) is 0 Å². The first-order chi connectivity index (χ1) is 8.41. The summed E-state index contributed by atoms with van der Waals surface area (Å²) in [6, 6.07) is 0. The molecule has 0 radical (unpaired) electrons. The average molecular weight is 300 g/mol. The molecule has 0 aromatic carbocycles. The van der Waals surface area contributed by atoms with Gasteiger partial charge < -0.3 is 18.6 Å². The summed E-state index contributed by atoms with van der Waals surface area (Å²) in [7, 11) is -5.72. The van der Waals surface area contributed by atoms with Crippen molar-refractivity contribution >= 4 is 21.4 Å². The number of carbonyl (C=O) groups is 2. The van der Waals surface area contributed by atoms with Gasteiger partial charge in [-0.2, -0.15) is 0 Å². The Morgan fingerprint density at radius 1 is 1.32 bits per heavy atom. The Kier molecular flexibility index (Phi) is 5.79. The highest BCUT2D eigenvalue weighted by atomic mass is 32.3. The summed E-state index contributed by atoms with van der Waals surface area (Å²) in [6.07, 6.45) is 0.806. The first kappa shape index (κ1) is 18.1. The summed E-state index contributed by atoms with van der Waals surface area (Å²) in [5.41, 5.74) is 0. The first-order valence-electron chi connectivity index (χ1n) is 5.90. The second-order valence-corrected chi connectivity index (χ2v) is 7.72. The smallest absolute Gasteiger partial charge is 0.360 e. The molecule has 0 rings (SSSR count). The van der Waals surface area contributed by atoms with Gasteiger partial charge >= 0.3 is 11.0 Å². The molecule has 0 aliphatic rings. The van der Waals surface area contributed by atoms with Crippen molar-refractivity contribution in [2.45, 2.75) is 44.5 Å². The van der Waals surface area contributed by atoms with Crippen LogP contribution in [-0.2, 0) is 24.0 Å². The van der Waals surface area contributed by atoms with Crippen LogP contribution in [0.1, 0.15) is 39.5 Å². The Balaban J connectivity index is 4.48. The molecule has 0 saturated heterocycles. The summed E-state index contributed by atoms with van der Waals surface area (Å²) < 4.78 is 48.6. The molecule has 6 nitrogen and oxygen atoms in total. The number of alkyl halides is 1. The maximum atomic E-state index is 14.2. The van der Waals surface area contributed by atoms with Crippen LogP contribution in [0.25, 0.3) is 0 Å². The van der Waals surface area contributed by atoms with E-state index >= 15 is 0 Å². The summed E-state index contributed by atoms with van der Waals surface area (Å²) >= 11 is 0. The molecule has 19 heavy (non-hydrogen) atoms. The van der Waals surface area contributed by atoms with E-state index < -0.39 is 27.0 Å². The molecule has 0 aromatic rings. The Labute approximate surface area is 111 Å². The lowest BCUT2D eigenvalue weighted by Gasteiger charge is -2.37. The Hall–Kier alpha value is -0.860. The van der Waals surface area contributed by atoms with Gasteiger partial charge in [-0.05, 0) is 19.8 Å². The van der Waals surface area contributed by atoms with Crippen LogP contribution in [0, 0.1) is 0 Å². The van der Waals surface area contributed by atoms with Crippen LogP contribution in [0.4, 0.5) is 4.39 Å². The monoisotopic (exact) mass is 300 g/mol. The van der Waals surface area contributed by atoms with Crippen molar-refractivity contribution in [1.29, 1.82) is 0 Å². The minimum atomic E-state index is -5.72. The van der Waals surface area contributed by atoms with E-state index in [9.17, 15) is 27.3 Å². The number of halogens is 1. The summed E-state index contributed by atoms with van der Waals surface area (Å²) in [4.78, 5) is 22.1. The second kappa shape index (κ2) is 6.06. The molecule has 2 N–H and O–H groups in total. The van der Waals surface area contributed by atoms with Crippen molar-refractivity contribution in [3.8, 4) is 0 Å². The van der Waals surface area contributed by atoms with Crippen LogP contribution < -0.4 is 0 Å². The van der Waals surface area contributed by atoms with E-state index in [2.05, 4.69) is 4.74 Å². The van der Waals surface area contributed by atoms with Gasteiger partial charge in [-0.1, -0.05) is 6.92 Å². The van der Waals surface area contributed by atoms with Gasteiger partial charge in [0.15, 0.2) is 0 Å². The third-order valence-electron chi connectivity index (χ3n) is 2.66. The zero-order chi connectivity index (χ0) is 15.3. The number of hydrogen-bond donors (Lipinski definition) is 2. The lowest BCUT2D eigenvalue weighted by molar-refractivity contribution is -0.153. The highest BCUT2D eigenvalue weighted by Gasteiger charge is 2.58. The Morgan fingerprint density at radius 2 is 1.84 bits per heavy atom. The first-order valence-corrected chi connectivity index (χ1v) is 8.19. The van der Waals surface area contributed by atoms with Gasteiger partial charge in [-0.15, -0.1) is 0 Å². The largest absolute Gasteiger partial charge is 0.463 e. The van der Waals surface area contributed by atoms with E-state index in [0.717, 1.165) is 6.92 Å². The molecule has 0 aliphatic carbocycles. The number of unbranched alkanes of at least 4 members (excludes halogenated alkanes) is 1. The van der Waals surface area contributed by atoms with E-state index in [1.54, 1.807) is 0 Å². The standard InChI is InChI=1S/C11H21FO6S/c1-4-11(12,19(3,15,16)17)10(14)18-8-6-5-7-9(2)13/h4-8H2,1-3H3,(H2,15,16,17). The predicted octanol–water partition coefficient (Wildman–Crippen LogP) is 1.76. The van der Waals surface area contributed by atoms with Crippen molar-refractivity contribution in [2.75, 3.05) is 12.9 Å². The normalized spacial score (nSPS) is 17.1. The molecule has 114 valence electrons. The van der Waals surface area contributed by atoms with Gasteiger partial charge in [0.05, 0.1) is 6.61 Å². The third-order valence-corrected chi connectivity index (χ3v) is 4.61. The topological polar surface area (TPSA) is 101 Å². The molecule has 1 unspecified atom stereocenters. The quantitative estimate of drug-likeness (QED) is 0.523. The maximum Gasteiger partial charge on any atom is 0.360 e. The molecule has 0 aromatic heterocycles. The van der Waals surface area contributed by atoms with Crippen LogP contribution in [0.5, 0.6) is 0 Å². The minimum Gasteiger partial charge on any atom is -0.463 e. The van der Waals surface area contributed by atoms with Crippen LogP contribution in [0.2, 0.25) is 0 Å². The summed E-state index contributed by atoms with van der Waals surface area (Å²) in [5.74, 6) is -1.58. The zero-order valence-electron chi connectivity index (χ0n) is 11.3. The van der Waals surface area contributed by atoms with Crippen molar-refractivity contribution in [2.24, 2.45) is 0 Å². The molecule has 0 amide bonds. The minimum absolute atomic E-state index is 0.0118. The van der Waals surface area contributed by atoms with Gasteiger partial charge in [0, 0.05) is 19.1 Å². The fraction of sp³-hybridized carbons (Fsp3) is 0.818. The number of rotatable bonds is 8. The Morgan fingerprint density at radius 3 is 2.21 bits per heavy atom. The lowest BCUT2D eigenvalue weighted by atomic mass is 10.2. The van der Waals surface area contributed by atoms with E-state index in [4.69, 9.17) is 0 Å². The van der Waals surface area contributed by atoms with E-state index in [-0.39, 0.29) is 12.4 Å². The lowest BCUT2D eigenvalue weighted by Crippen LogP contribution is -2.56. The molecule has 1 atom stereocenters. The number of ketones is 1. The molecule has 0 aliphatic heterocycles. The second-order valence-electron chi connectivity index (χ2n) is 4.61. The van der Waals surface area contributed by atoms with Gasteiger partial charge in [0.2, 0.25) is 0 Å². The number of Topliss-reactive ketones (excluding diaryl/α,β-unsaturated/α-hetero) is 1. The van der Waals surface area contributed by atoms with E-state index in [0.29, 0.717) is 25.5 Å². The van der Waals surface area contributed by atoms with Gasteiger partial charge in [0.25, 0.3) is 0 Å². The van der Waals surface area contributed by atoms with Crippen LogP contribution >= 0.6 is 0 Å². The average Bonchev–Trinajstić information content (AvgIpc) is 2.23. The van der Waals surface area contributed by atoms with Crippen molar-refractivity contribution in [3.63, 3.8) is 0 Å². The van der Waals surface area contributed by atoms with Crippen LogP contribution in [0.15, 0.2) is 0 Å². The van der Waals surface area contributed by atoms with E-state index in [1.165, 1.54) is 6.92 Å². The fourth-order valence-electron chi connectivity index (χ4n) is 1.42. The number of ether oxygens (including phenoxy) is 1. The van der Waals surface area contributed by atoms with Crippen molar-refractivity contribution < 1.29 is 32.0 Å². The van der Waals surface area contributed by atoms with Crippen LogP contribution in [-0.4, -0.2) is 42.9 Å². The van der Waals surface area contributed by atoms with Crippen LogP contribution in [0.3, 0.4) is 0 Å². The summed E-state index contributed by atoms with van der Waals surface area (Å²) in [5, 5.41) is -3.35. The molecule has 0 heterocycles. The zero-order valence-corrected chi connectivity index (χ0v) is 12.2. The number of carbonyl (C=O) groups excluding carboxylic acids is 2. The van der Waals surface area contributed by atoms with Crippen molar-refractivity contribution in [1.82, 2.24) is 0 Å². The Bertz CT molecular complexity index is 404. The predicted molar refractivity (Wildman–Crippen MR) is 68.9 cm³/mol. The van der Waals surface area contributed by atoms with E-state index in [1.807, 2.05) is 0 Å². The molecule has 8 heteroatoms. The van der Waals surface area contributed by atoms with Crippen molar-refractivity contribution in [3.05, 3.63) is 0 Å². The van der Waals surface area contributed by atoms with Gasteiger partial charge in [-0.25, -0.2) is 13.4 Å².